The Bertz CT molecular complexity index is 1310. The Labute approximate surface area is 197 Å². The van der Waals surface area contributed by atoms with Crippen LogP contribution in [0.15, 0.2) is 88.8 Å². The zero-order chi connectivity index (χ0) is 23.2. The van der Waals surface area contributed by atoms with E-state index >= 15 is 0 Å². The Morgan fingerprint density at radius 3 is 2.52 bits per heavy atom. The van der Waals surface area contributed by atoms with Crippen molar-refractivity contribution in [1.29, 1.82) is 5.26 Å². The number of thiophene rings is 1. The van der Waals surface area contributed by atoms with Crippen LogP contribution in [-0.2, 0) is 4.79 Å². The molecular weight excluding hydrogens is 462 g/mol. The quantitative estimate of drug-likeness (QED) is 0.188. The number of hydrogen-bond acceptors (Lipinski definition) is 5. The molecule has 2 heterocycles. The van der Waals surface area contributed by atoms with Crippen LogP contribution in [0.4, 0.5) is 14.5 Å². The molecule has 2 aromatic heterocycles. The fourth-order valence-corrected chi connectivity index (χ4v) is 4.26. The van der Waals surface area contributed by atoms with Gasteiger partial charge in [-0.2, -0.15) is 19.1 Å². The van der Waals surface area contributed by atoms with Gasteiger partial charge in [-0.05, 0) is 53.9 Å². The number of alkyl halides is 2. The molecule has 5 nitrogen and oxygen atoms in total. The minimum atomic E-state index is -2.52. The van der Waals surface area contributed by atoms with E-state index in [4.69, 9.17) is 0 Å². The van der Waals surface area contributed by atoms with E-state index in [1.54, 1.807) is 10.9 Å². The molecule has 0 aliphatic carbocycles. The van der Waals surface area contributed by atoms with Crippen LogP contribution in [0.1, 0.15) is 5.56 Å². The van der Waals surface area contributed by atoms with E-state index in [1.807, 2.05) is 53.9 Å². The maximum atomic E-state index is 12.7. The van der Waals surface area contributed by atoms with Gasteiger partial charge >= 0.3 is 0 Å². The lowest BCUT2D eigenvalue weighted by Gasteiger charge is -2.06. The van der Waals surface area contributed by atoms with E-state index in [0.717, 1.165) is 10.6 Å². The Kier molecular flexibility index (Phi) is 6.98. The number of carbonyl (C=O) groups is 1. The number of carbonyl (C=O) groups excluding carboxylic acids is 1. The second kappa shape index (κ2) is 10.3. The standard InChI is InChI=1S/C24H16F2N4OS2/c25-24(26)33-20-10-8-18(9-11-20)28-23(31)16(14-27)13-17-15-30(19-5-2-1-3-6-19)29-22(17)21-7-4-12-32-21/h1-13,15,24H,(H,28,31). The highest BCUT2D eigenvalue weighted by molar-refractivity contribution is 7.99. The van der Waals surface area contributed by atoms with E-state index in [1.165, 1.54) is 41.7 Å². The molecule has 0 saturated carbocycles. The predicted molar refractivity (Wildman–Crippen MR) is 127 cm³/mol. The molecule has 0 fully saturated rings. The van der Waals surface area contributed by atoms with Crippen molar-refractivity contribution in [1.82, 2.24) is 9.78 Å². The molecule has 0 saturated heterocycles. The first kappa shape index (κ1) is 22.5. The Morgan fingerprint density at radius 1 is 1.12 bits per heavy atom. The van der Waals surface area contributed by atoms with E-state index in [-0.39, 0.29) is 5.57 Å². The molecule has 2 aromatic carbocycles. The number of nitrogens with one attached hydrogen (secondary N) is 1. The molecule has 1 N–H and O–H groups in total. The molecule has 0 aliphatic heterocycles. The molecule has 0 aliphatic rings. The Balaban J connectivity index is 1.62. The molecule has 33 heavy (non-hydrogen) atoms. The number of para-hydroxylation sites is 1. The minimum absolute atomic E-state index is 0.105. The summed E-state index contributed by atoms with van der Waals surface area (Å²) in [6.07, 6.45) is 3.27. The number of halogens is 2. The van der Waals surface area contributed by atoms with Gasteiger partial charge in [-0.15, -0.1) is 11.3 Å². The van der Waals surface area contributed by atoms with Gasteiger partial charge in [0.1, 0.15) is 17.3 Å². The van der Waals surface area contributed by atoms with Crippen LogP contribution < -0.4 is 5.32 Å². The summed E-state index contributed by atoms with van der Waals surface area (Å²) in [5, 5.41) is 18.9. The average molecular weight is 479 g/mol. The predicted octanol–water partition coefficient (Wildman–Crippen LogP) is 6.46. The third kappa shape index (κ3) is 5.55. The van der Waals surface area contributed by atoms with Crippen LogP contribution in [0.2, 0.25) is 0 Å². The third-order valence-corrected chi connectivity index (χ3v) is 6.12. The van der Waals surface area contributed by atoms with Crippen molar-refractivity contribution < 1.29 is 13.6 Å². The molecule has 164 valence electrons. The fourth-order valence-electron chi connectivity index (χ4n) is 3.03. The number of nitrogens with zero attached hydrogens (tertiary/aromatic N) is 3. The maximum Gasteiger partial charge on any atom is 0.288 e. The summed E-state index contributed by atoms with van der Waals surface area (Å²) >= 11 is 1.93. The highest BCUT2D eigenvalue weighted by atomic mass is 32.2. The molecule has 0 radical (unpaired) electrons. The van der Waals surface area contributed by atoms with Crippen molar-refractivity contribution >= 4 is 40.8 Å². The highest BCUT2D eigenvalue weighted by Crippen LogP contribution is 2.30. The monoisotopic (exact) mass is 478 g/mol. The fraction of sp³-hybridized carbons (Fsp3) is 0.0417. The summed E-state index contributed by atoms with van der Waals surface area (Å²) in [4.78, 5) is 14.0. The molecule has 0 unspecified atom stereocenters. The second-order valence-electron chi connectivity index (χ2n) is 6.72. The summed E-state index contributed by atoms with van der Waals surface area (Å²) in [5.74, 6) is -3.12. The van der Waals surface area contributed by atoms with Crippen molar-refractivity contribution in [3.63, 3.8) is 0 Å². The maximum absolute atomic E-state index is 12.7. The van der Waals surface area contributed by atoms with Crippen LogP contribution in [-0.4, -0.2) is 21.4 Å². The number of anilines is 1. The largest absolute Gasteiger partial charge is 0.321 e. The second-order valence-corrected chi connectivity index (χ2v) is 8.73. The van der Waals surface area contributed by atoms with E-state index < -0.39 is 11.7 Å². The first-order valence-electron chi connectivity index (χ1n) is 9.70. The molecular formula is C24H16F2N4OS2. The molecule has 4 rings (SSSR count). The molecule has 4 aromatic rings. The van der Waals surface area contributed by atoms with Gasteiger partial charge in [0.25, 0.3) is 11.7 Å². The first-order valence-corrected chi connectivity index (χ1v) is 11.5. The Morgan fingerprint density at radius 2 is 1.88 bits per heavy atom. The summed E-state index contributed by atoms with van der Waals surface area (Å²) in [6.45, 7) is 0. The van der Waals surface area contributed by atoms with E-state index in [9.17, 15) is 18.8 Å². The summed E-state index contributed by atoms with van der Waals surface area (Å²) < 4.78 is 26.7. The van der Waals surface area contributed by atoms with Gasteiger partial charge in [-0.25, -0.2) is 4.68 Å². The van der Waals surface area contributed by atoms with Gasteiger partial charge < -0.3 is 5.32 Å². The van der Waals surface area contributed by atoms with E-state index in [2.05, 4.69) is 10.4 Å². The van der Waals surface area contributed by atoms with Crippen molar-refractivity contribution in [3.8, 4) is 22.3 Å². The van der Waals surface area contributed by atoms with Gasteiger partial charge in [0.2, 0.25) is 0 Å². The number of hydrogen-bond donors (Lipinski definition) is 1. The van der Waals surface area contributed by atoms with Crippen LogP contribution in [0, 0.1) is 11.3 Å². The number of rotatable bonds is 7. The van der Waals surface area contributed by atoms with Crippen molar-refractivity contribution in [3.05, 3.63) is 89.4 Å². The smallest absolute Gasteiger partial charge is 0.288 e. The summed E-state index contributed by atoms with van der Waals surface area (Å²) in [6, 6.07) is 21.3. The molecule has 1 amide bonds. The average Bonchev–Trinajstić information content (AvgIpc) is 3.49. The van der Waals surface area contributed by atoms with Crippen LogP contribution in [0.3, 0.4) is 0 Å². The topological polar surface area (TPSA) is 70.7 Å². The number of aromatic nitrogens is 2. The van der Waals surface area contributed by atoms with Crippen molar-refractivity contribution in [2.75, 3.05) is 5.32 Å². The van der Waals surface area contributed by atoms with Crippen LogP contribution in [0.25, 0.3) is 22.3 Å². The lowest BCUT2D eigenvalue weighted by atomic mass is 10.1. The molecule has 0 atom stereocenters. The lowest BCUT2D eigenvalue weighted by Crippen LogP contribution is -2.13. The van der Waals surface area contributed by atoms with Gasteiger partial charge in [0.15, 0.2) is 0 Å². The van der Waals surface area contributed by atoms with Crippen molar-refractivity contribution in [2.24, 2.45) is 0 Å². The number of amides is 1. The number of benzene rings is 2. The Hall–Kier alpha value is -3.74. The zero-order valence-corrected chi connectivity index (χ0v) is 18.6. The minimum Gasteiger partial charge on any atom is -0.321 e. The number of nitriles is 1. The SMILES string of the molecule is N#CC(=Cc1cn(-c2ccccc2)nc1-c1cccs1)C(=O)Nc1ccc(SC(F)F)cc1. The van der Waals surface area contributed by atoms with Gasteiger partial charge in [0.05, 0.1) is 10.6 Å². The van der Waals surface area contributed by atoms with Gasteiger partial charge in [-0.1, -0.05) is 36.0 Å². The van der Waals surface area contributed by atoms with E-state index in [0.29, 0.717) is 33.6 Å². The zero-order valence-electron chi connectivity index (χ0n) is 17.0. The third-order valence-electron chi connectivity index (χ3n) is 4.52. The van der Waals surface area contributed by atoms with Crippen LogP contribution in [0.5, 0.6) is 0 Å². The highest BCUT2D eigenvalue weighted by Gasteiger charge is 2.16. The van der Waals surface area contributed by atoms with Crippen LogP contribution >= 0.6 is 23.1 Å². The van der Waals surface area contributed by atoms with Crippen molar-refractivity contribution in [2.45, 2.75) is 10.7 Å². The number of thioether (sulfide) groups is 1. The molecule has 0 spiro atoms. The van der Waals surface area contributed by atoms with Gasteiger partial charge in [-0.3, -0.25) is 4.79 Å². The summed E-state index contributed by atoms with van der Waals surface area (Å²) in [7, 11) is 0. The summed E-state index contributed by atoms with van der Waals surface area (Å²) in [5.41, 5.74) is 2.42. The molecule has 9 heteroatoms. The lowest BCUT2D eigenvalue weighted by molar-refractivity contribution is -0.112. The molecule has 0 bridgehead atoms. The first-order chi connectivity index (χ1) is 16.0. The normalized spacial score (nSPS) is 11.4. The van der Waals surface area contributed by atoms with Gasteiger partial charge in [0, 0.05) is 22.3 Å².